The molecule has 0 aliphatic carbocycles. The van der Waals surface area contributed by atoms with Gasteiger partial charge in [0.05, 0.1) is 19.9 Å². The first-order valence-electron chi connectivity index (χ1n) is 5.80. The van der Waals surface area contributed by atoms with E-state index in [2.05, 4.69) is 9.46 Å². The average Bonchev–Trinajstić information content (AvgIpc) is 2.43. The predicted molar refractivity (Wildman–Crippen MR) is 74.6 cm³/mol. The van der Waals surface area contributed by atoms with Crippen LogP contribution in [-0.4, -0.2) is 33.9 Å². The van der Waals surface area contributed by atoms with Gasteiger partial charge in [0.25, 0.3) is 0 Å². The van der Waals surface area contributed by atoms with Crippen molar-refractivity contribution in [2.24, 2.45) is 0 Å². The Morgan fingerprint density at radius 1 is 1.40 bits per heavy atom. The minimum Gasteiger partial charge on any atom is -0.495 e. The number of benzene rings is 1. The molecule has 112 valence electrons. The number of carbonyl (C=O) groups excluding carboxylic acids is 1. The van der Waals surface area contributed by atoms with E-state index in [-0.39, 0.29) is 6.54 Å². The number of ether oxygens (including phenoxy) is 2. The summed E-state index contributed by atoms with van der Waals surface area (Å²) < 4.78 is 35.4. The van der Waals surface area contributed by atoms with Crippen LogP contribution >= 0.6 is 0 Å². The Morgan fingerprint density at radius 3 is 2.55 bits per heavy atom. The van der Waals surface area contributed by atoms with Gasteiger partial charge in [0.2, 0.25) is 10.0 Å². The molecular formula is C12H18N2O5S. The molecule has 7 nitrogen and oxygen atoms in total. The van der Waals surface area contributed by atoms with Crippen molar-refractivity contribution in [1.29, 1.82) is 0 Å². The summed E-state index contributed by atoms with van der Waals surface area (Å²) in [6, 6.07) is 4.92. The van der Waals surface area contributed by atoms with Gasteiger partial charge in [-0.1, -0.05) is 6.07 Å². The number of anilines is 1. The van der Waals surface area contributed by atoms with Crippen LogP contribution in [0.3, 0.4) is 0 Å². The lowest BCUT2D eigenvalue weighted by Crippen LogP contribution is -2.37. The molecule has 0 amide bonds. The molecule has 0 radical (unpaired) electrons. The normalized spacial score (nSPS) is 12.8. The zero-order chi connectivity index (χ0) is 15.3. The van der Waals surface area contributed by atoms with E-state index in [9.17, 15) is 13.2 Å². The molecule has 0 bridgehead atoms. The van der Waals surface area contributed by atoms with Gasteiger partial charge >= 0.3 is 5.97 Å². The molecule has 8 heteroatoms. The molecule has 1 aromatic carbocycles. The second-order valence-electron chi connectivity index (χ2n) is 4.11. The topological polar surface area (TPSA) is 108 Å². The van der Waals surface area contributed by atoms with Crippen molar-refractivity contribution < 1.29 is 22.7 Å². The molecule has 0 fully saturated rings. The third kappa shape index (κ3) is 3.84. The number of carbonyl (C=O) groups is 1. The fourth-order valence-corrected chi connectivity index (χ4v) is 2.46. The van der Waals surface area contributed by atoms with Crippen LogP contribution in [0.25, 0.3) is 0 Å². The number of sulfonamides is 1. The third-order valence-electron chi connectivity index (χ3n) is 2.77. The van der Waals surface area contributed by atoms with Crippen molar-refractivity contribution in [3.8, 4) is 5.75 Å². The Kier molecular flexibility index (Phi) is 5.34. The van der Waals surface area contributed by atoms with E-state index in [1.165, 1.54) is 14.0 Å². The monoisotopic (exact) mass is 302 g/mol. The van der Waals surface area contributed by atoms with Gasteiger partial charge in [-0.05, 0) is 24.6 Å². The maximum atomic E-state index is 11.8. The molecule has 0 spiro atoms. The Labute approximate surface area is 118 Å². The van der Waals surface area contributed by atoms with E-state index in [1.54, 1.807) is 18.2 Å². The highest BCUT2D eigenvalue weighted by Crippen LogP contribution is 2.21. The molecule has 0 heterocycles. The fraction of sp³-hybridized carbons (Fsp3) is 0.417. The number of methoxy groups -OCH3 is 2. The van der Waals surface area contributed by atoms with Crippen LogP contribution < -0.4 is 15.2 Å². The van der Waals surface area contributed by atoms with Crippen LogP contribution in [-0.2, 0) is 26.1 Å². The smallest absolute Gasteiger partial charge is 0.325 e. The number of nitrogen functional groups attached to an aromatic ring is 1. The average molecular weight is 302 g/mol. The summed E-state index contributed by atoms with van der Waals surface area (Å²) in [5, 5.41) is -1.27. The molecule has 0 aliphatic heterocycles. The van der Waals surface area contributed by atoms with E-state index < -0.39 is 21.2 Å². The minimum atomic E-state index is -3.79. The fourth-order valence-electron chi connectivity index (χ4n) is 1.50. The van der Waals surface area contributed by atoms with E-state index in [0.717, 1.165) is 7.11 Å². The van der Waals surface area contributed by atoms with E-state index in [0.29, 0.717) is 17.0 Å². The first kappa shape index (κ1) is 16.3. The van der Waals surface area contributed by atoms with Crippen molar-refractivity contribution in [2.45, 2.75) is 18.7 Å². The zero-order valence-corrected chi connectivity index (χ0v) is 12.4. The molecule has 0 saturated heterocycles. The summed E-state index contributed by atoms with van der Waals surface area (Å²) in [7, 11) is -1.17. The van der Waals surface area contributed by atoms with Crippen LogP contribution in [0.1, 0.15) is 12.5 Å². The summed E-state index contributed by atoms with van der Waals surface area (Å²) in [5.41, 5.74) is 6.79. The molecule has 1 rings (SSSR count). The van der Waals surface area contributed by atoms with Gasteiger partial charge in [0.1, 0.15) is 5.75 Å². The molecular weight excluding hydrogens is 284 g/mol. The second-order valence-corrected chi connectivity index (χ2v) is 6.19. The van der Waals surface area contributed by atoms with Crippen molar-refractivity contribution in [1.82, 2.24) is 4.72 Å². The van der Waals surface area contributed by atoms with Crippen LogP contribution in [0.15, 0.2) is 18.2 Å². The molecule has 1 unspecified atom stereocenters. The van der Waals surface area contributed by atoms with Gasteiger partial charge in [0.15, 0.2) is 5.25 Å². The van der Waals surface area contributed by atoms with Crippen molar-refractivity contribution in [3.63, 3.8) is 0 Å². The number of hydrogen-bond donors (Lipinski definition) is 2. The molecule has 0 aromatic heterocycles. The van der Waals surface area contributed by atoms with Gasteiger partial charge in [-0.3, -0.25) is 4.79 Å². The molecule has 3 N–H and O–H groups in total. The highest BCUT2D eigenvalue weighted by atomic mass is 32.2. The second kappa shape index (κ2) is 6.58. The van der Waals surface area contributed by atoms with Gasteiger partial charge in [-0.15, -0.1) is 0 Å². The van der Waals surface area contributed by atoms with Crippen LogP contribution in [0.2, 0.25) is 0 Å². The lowest BCUT2D eigenvalue weighted by molar-refractivity contribution is -0.139. The third-order valence-corrected chi connectivity index (χ3v) is 4.44. The SMILES string of the molecule is COC(=O)C(C)S(=O)(=O)NCc1ccc(OC)c(N)c1. The predicted octanol–water partition coefficient (Wildman–Crippen LogP) is 0.258. The van der Waals surface area contributed by atoms with E-state index in [1.807, 2.05) is 0 Å². The Morgan fingerprint density at radius 2 is 2.05 bits per heavy atom. The Bertz CT molecular complexity index is 586. The van der Waals surface area contributed by atoms with Crippen LogP contribution in [0, 0.1) is 0 Å². The molecule has 1 atom stereocenters. The summed E-state index contributed by atoms with van der Waals surface area (Å²) >= 11 is 0. The summed E-state index contributed by atoms with van der Waals surface area (Å²) in [6.45, 7) is 1.29. The van der Waals surface area contributed by atoms with Crippen molar-refractivity contribution in [3.05, 3.63) is 23.8 Å². The summed E-state index contributed by atoms with van der Waals surface area (Å²) in [6.07, 6.45) is 0. The largest absolute Gasteiger partial charge is 0.495 e. The lowest BCUT2D eigenvalue weighted by atomic mass is 10.2. The van der Waals surface area contributed by atoms with Crippen molar-refractivity contribution >= 4 is 21.7 Å². The lowest BCUT2D eigenvalue weighted by Gasteiger charge is -2.12. The highest BCUT2D eigenvalue weighted by Gasteiger charge is 2.28. The van der Waals surface area contributed by atoms with Crippen LogP contribution in [0.4, 0.5) is 5.69 Å². The van der Waals surface area contributed by atoms with Gasteiger partial charge < -0.3 is 15.2 Å². The standard InChI is InChI=1S/C12H18N2O5S/c1-8(12(15)19-3)20(16,17)14-7-9-4-5-11(18-2)10(13)6-9/h4-6,8,14H,7,13H2,1-3H3. The summed E-state index contributed by atoms with van der Waals surface area (Å²) in [4.78, 5) is 11.2. The summed E-state index contributed by atoms with van der Waals surface area (Å²) in [5.74, 6) is -0.300. The van der Waals surface area contributed by atoms with Gasteiger partial charge in [-0.2, -0.15) is 0 Å². The zero-order valence-electron chi connectivity index (χ0n) is 11.5. The number of rotatable bonds is 6. The number of nitrogens with one attached hydrogen (secondary N) is 1. The number of esters is 1. The van der Waals surface area contributed by atoms with Gasteiger partial charge in [-0.25, -0.2) is 13.1 Å². The molecule has 1 aromatic rings. The van der Waals surface area contributed by atoms with Crippen LogP contribution in [0.5, 0.6) is 5.75 Å². The maximum Gasteiger partial charge on any atom is 0.325 e. The number of hydrogen-bond acceptors (Lipinski definition) is 6. The van der Waals surface area contributed by atoms with Gasteiger partial charge in [0, 0.05) is 6.54 Å². The quantitative estimate of drug-likeness (QED) is 0.576. The number of nitrogens with two attached hydrogens (primary N) is 1. The maximum absolute atomic E-state index is 11.8. The minimum absolute atomic E-state index is 0.0257. The molecule has 0 aliphatic rings. The van der Waals surface area contributed by atoms with E-state index in [4.69, 9.17) is 10.5 Å². The Hall–Kier alpha value is -1.80. The molecule has 20 heavy (non-hydrogen) atoms. The van der Waals surface area contributed by atoms with E-state index >= 15 is 0 Å². The highest BCUT2D eigenvalue weighted by molar-refractivity contribution is 7.90. The molecule has 0 saturated carbocycles. The van der Waals surface area contributed by atoms with Crippen molar-refractivity contribution in [2.75, 3.05) is 20.0 Å². The Balaban J connectivity index is 2.76. The first-order chi connectivity index (χ1) is 9.31. The first-order valence-corrected chi connectivity index (χ1v) is 7.35.